The second kappa shape index (κ2) is 9.00. The number of alkyl halides is 3. The van der Waals surface area contributed by atoms with Gasteiger partial charge in [-0.2, -0.15) is 13.2 Å². The van der Waals surface area contributed by atoms with Crippen LogP contribution in [0.2, 0.25) is 0 Å². The molecule has 0 spiro atoms. The zero-order valence-corrected chi connectivity index (χ0v) is 16.6. The van der Waals surface area contributed by atoms with E-state index < -0.39 is 15.6 Å². The highest BCUT2D eigenvalue weighted by atomic mass is 127. The molecule has 3 rings (SSSR count). The summed E-state index contributed by atoms with van der Waals surface area (Å²) in [7, 11) is -6.09. The molecule has 27 heavy (non-hydrogen) atoms. The maximum atomic E-state index is 10.7. The van der Waals surface area contributed by atoms with Crippen molar-refractivity contribution in [1.29, 1.82) is 0 Å². The summed E-state index contributed by atoms with van der Waals surface area (Å²) in [5.74, 6) is 0. The molecule has 0 saturated heterocycles. The van der Waals surface area contributed by atoms with Crippen LogP contribution in [0.25, 0.3) is 10.8 Å². The molecule has 0 aromatic heterocycles. The Balaban J connectivity index is 0.000000279. The SMILES string of the molecule is O=S(=O)([O-])C(F)(F)F.OCc1c([I+]c2ccccc2)ccc2ccccc12. The molecule has 3 aromatic carbocycles. The average Bonchev–Trinajstić information content (AvgIpc) is 2.61. The number of aliphatic hydroxyl groups is 1. The van der Waals surface area contributed by atoms with Crippen molar-refractivity contribution in [2.24, 2.45) is 0 Å². The van der Waals surface area contributed by atoms with Gasteiger partial charge >= 0.3 is 26.7 Å². The van der Waals surface area contributed by atoms with Crippen molar-refractivity contribution >= 4 is 20.9 Å². The molecule has 0 radical (unpaired) electrons. The van der Waals surface area contributed by atoms with Gasteiger partial charge < -0.3 is 9.66 Å². The Kier molecular flexibility index (Phi) is 7.20. The first-order valence-electron chi connectivity index (χ1n) is 7.47. The average molecular weight is 510 g/mol. The highest BCUT2D eigenvalue weighted by Crippen LogP contribution is 2.20. The lowest BCUT2D eigenvalue weighted by Gasteiger charge is -2.08. The Morgan fingerprint density at radius 3 is 2.04 bits per heavy atom. The third kappa shape index (κ3) is 5.89. The largest absolute Gasteiger partial charge is 0.741 e. The van der Waals surface area contributed by atoms with Gasteiger partial charge in [-0.1, -0.05) is 42.5 Å². The van der Waals surface area contributed by atoms with E-state index in [4.69, 9.17) is 13.0 Å². The van der Waals surface area contributed by atoms with Gasteiger partial charge in [-0.25, -0.2) is 8.42 Å². The summed E-state index contributed by atoms with van der Waals surface area (Å²) < 4.78 is 61.6. The van der Waals surface area contributed by atoms with Gasteiger partial charge in [-0.3, -0.25) is 0 Å². The van der Waals surface area contributed by atoms with Gasteiger partial charge in [0.2, 0.25) is 3.57 Å². The molecule has 3 aromatic rings. The summed E-state index contributed by atoms with van der Waals surface area (Å²) in [6.07, 6.45) is 0. The Morgan fingerprint density at radius 1 is 0.926 bits per heavy atom. The minimum absolute atomic E-state index is 0.114. The first-order chi connectivity index (χ1) is 12.6. The van der Waals surface area contributed by atoms with Gasteiger partial charge in [-0.15, -0.1) is 0 Å². The number of halogens is 4. The Bertz CT molecular complexity index is 1010. The highest BCUT2D eigenvalue weighted by Gasteiger charge is 2.36. The summed E-state index contributed by atoms with van der Waals surface area (Å²) in [6, 6.07) is 23.1. The lowest BCUT2D eigenvalue weighted by atomic mass is 10.1. The molecule has 1 N–H and O–H groups in total. The van der Waals surface area contributed by atoms with Crippen LogP contribution in [0, 0.1) is 7.14 Å². The van der Waals surface area contributed by atoms with Crippen LogP contribution in [-0.4, -0.2) is 23.6 Å². The molecule has 0 fully saturated rings. The molecule has 4 nitrogen and oxygen atoms in total. The molecule has 0 heterocycles. The van der Waals surface area contributed by atoms with Crippen LogP contribution in [0.5, 0.6) is 0 Å². The van der Waals surface area contributed by atoms with Crippen LogP contribution < -0.4 is 21.2 Å². The van der Waals surface area contributed by atoms with E-state index in [1.165, 1.54) is 17.9 Å². The van der Waals surface area contributed by atoms with Gasteiger partial charge in [0.05, 0.1) is 6.61 Å². The normalized spacial score (nSPS) is 11.7. The predicted molar refractivity (Wildman–Crippen MR) is 89.5 cm³/mol. The summed E-state index contributed by atoms with van der Waals surface area (Å²) >= 11 is -0.234. The smallest absolute Gasteiger partial charge is 0.485 e. The molecule has 0 amide bonds. The van der Waals surface area contributed by atoms with Crippen molar-refractivity contribution < 1.29 is 52.5 Å². The van der Waals surface area contributed by atoms with E-state index in [2.05, 4.69) is 48.5 Å². The van der Waals surface area contributed by atoms with Crippen LogP contribution in [0.15, 0.2) is 66.7 Å². The van der Waals surface area contributed by atoms with E-state index in [0.29, 0.717) is 0 Å². The van der Waals surface area contributed by atoms with E-state index >= 15 is 0 Å². The molecule has 0 aliphatic heterocycles. The fourth-order valence-corrected chi connectivity index (χ4v) is 4.75. The Hall–Kier alpha value is -1.69. The third-order valence-electron chi connectivity index (χ3n) is 3.37. The number of hydrogen-bond donors (Lipinski definition) is 1. The fraction of sp³-hybridized carbons (Fsp3) is 0.111. The second-order valence-electron chi connectivity index (χ2n) is 5.20. The van der Waals surface area contributed by atoms with Crippen molar-refractivity contribution in [2.45, 2.75) is 12.1 Å². The number of benzene rings is 3. The van der Waals surface area contributed by atoms with Crippen LogP contribution in [0.3, 0.4) is 0 Å². The van der Waals surface area contributed by atoms with Gasteiger partial charge in [0.25, 0.3) is 0 Å². The molecule has 0 saturated carbocycles. The third-order valence-corrected chi connectivity index (χ3v) is 6.87. The highest BCUT2D eigenvalue weighted by molar-refractivity contribution is 7.86. The molecule has 0 aliphatic carbocycles. The Morgan fingerprint density at radius 2 is 1.48 bits per heavy atom. The zero-order valence-electron chi connectivity index (χ0n) is 13.7. The standard InChI is InChI=1S/C17H14IO.CHF3O3S/c19-12-16-15-9-5-4-6-13(15)10-11-17(16)18-14-7-2-1-3-8-14;2-1(3,4)8(5,6)7/h1-11,19H,12H2;(H,5,6,7)/q+1;/p-1. The van der Waals surface area contributed by atoms with Gasteiger partial charge in [0, 0.05) is 5.56 Å². The first kappa shape index (κ1) is 21.6. The van der Waals surface area contributed by atoms with E-state index in [1.54, 1.807) is 0 Å². The number of rotatable bonds is 3. The van der Waals surface area contributed by atoms with Crippen molar-refractivity contribution in [3.05, 3.63) is 79.4 Å². The minimum Gasteiger partial charge on any atom is -0.741 e. The monoisotopic (exact) mass is 510 g/mol. The van der Waals surface area contributed by atoms with Crippen LogP contribution in [0.4, 0.5) is 13.2 Å². The van der Waals surface area contributed by atoms with Crippen molar-refractivity contribution in [3.8, 4) is 0 Å². The number of hydrogen-bond acceptors (Lipinski definition) is 4. The Labute approximate surface area is 164 Å². The fourth-order valence-electron chi connectivity index (χ4n) is 2.15. The minimum atomic E-state index is -6.09. The maximum Gasteiger partial charge on any atom is 0.485 e. The second-order valence-corrected chi connectivity index (χ2v) is 9.51. The zero-order chi connectivity index (χ0) is 20.1. The van der Waals surface area contributed by atoms with Crippen molar-refractivity contribution in [2.75, 3.05) is 0 Å². The molecule has 0 bridgehead atoms. The summed E-state index contributed by atoms with van der Waals surface area (Å²) in [5, 5.41) is 12.1. The number of aliphatic hydroxyl groups excluding tert-OH is 1. The maximum absolute atomic E-state index is 10.7. The summed E-state index contributed by atoms with van der Waals surface area (Å²) in [6.45, 7) is 0.114. The van der Waals surface area contributed by atoms with Gasteiger partial charge in [0.1, 0.15) is 0 Å². The quantitative estimate of drug-likeness (QED) is 0.317. The van der Waals surface area contributed by atoms with Crippen molar-refractivity contribution in [1.82, 2.24) is 0 Å². The predicted octanol–water partition coefficient (Wildman–Crippen LogP) is 0.512. The van der Waals surface area contributed by atoms with Crippen LogP contribution >= 0.6 is 0 Å². The first-order valence-corrected chi connectivity index (χ1v) is 11.0. The lowest BCUT2D eigenvalue weighted by molar-refractivity contribution is -0.598. The molecular formula is C18H14F3IO4S. The van der Waals surface area contributed by atoms with E-state index in [1.807, 2.05) is 18.2 Å². The van der Waals surface area contributed by atoms with Gasteiger partial charge in [0.15, 0.2) is 13.7 Å². The van der Waals surface area contributed by atoms with E-state index in [9.17, 15) is 18.3 Å². The molecule has 0 atom stereocenters. The molecule has 0 unspecified atom stereocenters. The van der Waals surface area contributed by atoms with Gasteiger partial charge in [-0.05, 0) is 35.0 Å². The topological polar surface area (TPSA) is 77.4 Å². The van der Waals surface area contributed by atoms with E-state index in [0.717, 1.165) is 5.56 Å². The van der Waals surface area contributed by atoms with Crippen LogP contribution in [0.1, 0.15) is 5.56 Å². The number of fused-ring (bicyclic) bond motifs is 1. The molecular weight excluding hydrogens is 496 g/mol. The molecule has 144 valence electrons. The lowest BCUT2D eigenvalue weighted by Crippen LogP contribution is -3.61. The summed E-state index contributed by atoms with van der Waals surface area (Å²) in [4.78, 5) is 0. The molecule has 0 aliphatic rings. The van der Waals surface area contributed by atoms with Crippen molar-refractivity contribution in [3.63, 3.8) is 0 Å². The van der Waals surface area contributed by atoms with Crippen LogP contribution in [-0.2, 0) is 16.7 Å². The molecule has 9 heteroatoms. The van der Waals surface area contributed by atoms with E-state index in [-0.39, 0.29) is 27.8 Å². The summed E-state index contributed by atoms with van der Waals surface area (Å²) in [5.41, 5.74) is -4.55.